The first-order valence-corrected chi connectivity index (χ1v) is 6.71. The Hall–Kier alpha value is -1.76. The van der Waals surface area contributed by atoms with Gasteiger partial charge in [-0.3, -0.25) is 0 Å². The molecule has 2 aromatic rings. The second-order valence-corrected chi connectivity index (χ2v) is 4.74. The van der Waals surface area contributed by atoms with Crippen molar-refractivity contribution in [2.45, 2.75) is 12.5 Å². The van der Waals surface area contributed by atoms with Gasteiger partial charge in [-0.15, -0.1) is 11.6 Å². The molecule has 0 aliphatic rings. The molecule has 0 fully saturated rings. The van der Waals surface area contributed by atoms with Gasteiger partial charge in [0.2, 0.25) is 0 Å². The average molecular weight is 310 g/mol. The zero-order chi connectivity index (χ0) is 14.5. The summed E-state index contributed by atoms with van der Waals surface area (Å²) in [5.74, 6) is 0.276. The minimum Gasteiger partial charge on any atom is -0.489 e. The zero-order valence-corrected chi connectivity index (χ0v) is 11.9. The Morgan fingerprint density at radius 3 is 2.75 bits per heavy atom. The van der Waals surface area contributed by atoms with Crippen LogP contribution in [0.5, 0.6) is 5.75 Å². The van der Waals surface area contributed by atoms with Crippen LogP contribution < -0.4 is 4.74 Å². The fraction of sp³-hybridized carbons (Fsp3) is 0.133. The lowest BCUT2D eigenvalue weighted by Gasteiger charge is -2.11. The van der Waals surface area contributed by atoms with Crippen LogP contribution >= 0.6 is 23.2 Å². The van der Waals surface area contributed by atoms with E-state index < -0.39 is 5.82 Å². The number of halogens is 3. The maximum Gasteiger partial charge on any atom is 0.140 e. The largest absolute Gasteiger partial charge is 0.489 e. The van der Waals surface area contributed by atoms with Gasteiger partial charge in [0.15, 0.2) is 0 Å². The Labute approximate surface area is 126 Å². The molecule has 2 rings (SSSR count). The van der Waals surface area contributed by atoms with Gasteiger partial charge in [-0.05, 0) is 29.8 Å². The van der Waals surface area contributed by atoms with Gasteiger partial charge in [-0.1, -0.05) is 23.7 Å². The molecule has 0 aliphatic carbocycles. The minimum atomic E-state index is -0.541. The summed E-state index contributed by atoms with van der Waals surface area (Å²) >= 11 is 11.9. The maximum atomic E-state index is 13.2. The van der Waals surface area contributed by atoms with E-state index >= 15 is 0 Å². The third-order valence-corrected chi connectivity index (χ3v) is 3.38. The summed E-state index contributed by atoms with van der Waals surface area (Å²) in [5, 5.41) is 9.32. The molecule has 5 heteroatoms. The molecule has 0 amide bonds. The van der Waals surface area contributed by atoms with E-state index in [4.69, 9.17) is 33.2 Å². The molecule has 0 bridgehead atoms. The van der Waals surface area contributed by atoms with Gasteiger partial charge in [0.05, 0.1) is 11.4 Å². The van der Waals surface area contributed by atoms with Gasteiger partial charge >= 0.3 is 0 Å². The van der Waals surface area contributed by atoms with Gasteiger partial charge in [0.25, 0.3) is 0 Å². The Morgan fingerprint density at radius 1 is 1.25 bits per heavy atom. The highest BCUT2D eigenvalue weighted by molar-refractivity contribution is 6.32. The molecule has 0 saturated carbocycles. The minimum absolute atomic E-state index is 0.00485. The smallest absolute Gasteiger partial charge is 0.140 e. The Bertz CT molecular complexity index is 667. The van der Waals surface area contributed by atoms with Gasteiger partial charge in [0.1, 0.15) is 24.2 Å². The summed E-state index contributed by atoms with van der Waals surface area (Å²) in [4.78, 5) is 0. The first kappa shape index (κ1) is 14.6. The number of nitrogens with zero attached hydrogens (tertiary/aromatic N) is 1. The van der Waals surface area contributed by atoms with Crippen LogP contribution in [-0.2, 0) is 12.5 Å². The Balaban J connectivity index is 2.17. The normalized spacial score (nSPS) is 10.1. The highest BCUT2D eigenvalue weighted by atomic mass is 35.5. The maximum absolute atomic E-state index is 13.2. The SMILES string of the molecule is N#Cc1cc(COc2cccc(Cl)c2CCl)ccc1F. The number of rotatable bonds is 4. The van der Waals surface area contributed by atoms with Crippen molar-refractivity contribution >= 4 is 23.2 Å². The summed E-state index contributed by atoms with van der Waals surface area (Å²) in [6.07, 6.45) is 0. The van der Waals surface area contributed by atoms with Crippen LogP contribution in [0.15, 0.2) is 36.4 Å². The topological polar surface area (TPSA) is 33.0 Å². The predicted octanol–water partition coefficient (Wildman–Crippen LogP) is 4.67. The van der Waals surface area contributed by atoms with Gasteiger partial charge < -0.3 is 4.74 Å². The molecule has 0 atom stereocenters. The van der Waals surface area contributed by atoms with E-state index in [1.807, 2.05) is 0 Å². The van der Waals surface area contributed by atoms with Crippen molar-refractivity contribution in [3.63, 3.8) is 0 Å². The number of nitriles is 1. The summed E-state index contributed by atoms with van der Waals surface area (Å²) in [6.45, 7) is 0.208. The molecule has 2 nitrogen and oxygen atoms in total. The predicted molar refractivity (Wildman–Crippen MR) is 76.5 cm³/mol. The van der Waals surface area contributed by atoms with E-state index in [0.29, 0.717) is 21.9 Å². The van der Waals surface area contributed by atoms with Crippen LogP contribution in [0.1, 0.15) is 16.7 Å². The van der Waals surface area contributed by atoms with Crippen molar-refractivity contribution < 1.29 is 9.13 Å². The molecule has 0 radical (unpaired) electrons. The summed E-state index contributed by atoms with van der Waals surface area (Å²) in [6, 6.07) is 11.3. The van der Waals surface area contributed by atoms with E-state index in [-0.39, 0.29) is 18.1 Å². The lowest BCUT2D eigenvalue weighted by Crippen LogP contribution is -1.99. The summed E-state index contributed by atoms with van der Waals surface area (Å²) < 4.78 is 18.8. The van der Waals surface area contributed by atoms with E-state index in [0.717, 1.165) is 0 Å². The lowest BCUT2D eigenvalue weighted by molar-refractivity contribution is 0.303. The number of benzene rings is 2. The number of hydrogen-bond donors (Lipinski definition) is 0. The van der Waals surface area contributed by atoms with Crippen LogP contribution in [0, 0.1) is 17.1 Å². The fourth-order valence-electron chi connectivity index (χ4n) is 1.71. The molecule has 0 aliphatic heterocycles. The summed E-state index contributed by atoms with van der Waals surface area (Å²) in [5.41, 5.74) is 1.40. The van der Waals surface area contributed by atoms with Crippen LogP contribution in [0.3, 0.4) is 0 Å². The van der Waals surface area contributed by atoms with E-state index in [1.165, 1.54) is 12.1 Å². The molecule has 20 heavy (non-hydrogen) atoms. The first-order valence-electron chi connectivity index (χ1n) is 5.80. The highest BCUT2D eigenvalue weighted by Crippen LogP contribution is 2.28. The van der Waals surface area contributed by atoms with Gasteiger partial charge in [-0.25, -0.2) is 4.39 Å². The van der Waals surface area contributed by atoms with Gasteiger partial charge in [0, 0.05) is 10.6 Å². The average Bonchev–Trinajstić information content (AvgIpc) is 2.46. The second-order valence-electron chi connectivity index (χ2n) is 4.06. The van der Waals surface area contributed by atoms with Gasteiger partial charge in [-0.2, -0.15) is 5.26 Å². The van der Waals surface area contributed by atoms with Crippen LogP contribution in [0.25, 0.3) is 0 Å². The number of hydrogen-bond acceptors (Lipinski definition) is 2. The molecule has 0 unspecified atom stereocenters. The number of alkyl halides is 1. The second kappa shape index (κ2) is 6.60. The molecule has 0 heterocycles. The molecule has 2 aromatic carbocycles. The Kier molecular flexibility index (Phi) is 4.84. The van der Waals surface area contributed by atoms with Crippen LogP contribution in [-0.4, -0.2) is 0 Å². The quantitative estimate of drug-likeness (QED) is 0.769. The third-order valence-electron chi connectivity index (χ3n) is 2.76. The Morgan fingerprint density at radius 2 is 2.05 bits per heavy atom. The molecule has 0 aromatic heterocycles. The van der Waals surface area contributed by atoms with Crippen LogP contribution in [0.4, 0.5) is 4.39 Å². The number of ether oxygens (including phenoxy) is 1. The van der Waals surface area contributed by atoms with Crippen molar-refractivity contribution in [1.82, 2.24) is 0 Å². The van der Waals surface area contributed by atoms with Crippen LogP contribution in [0.2, 0.25) is 5.02 Å². The molecular weight excluding hydrogens is 300 g/mol. The van der Waals surface area contributed by atoms with Crippen molar-refractivity contribution in [2.75, 3.05) is 0 Å². The first-order chi connectivity index (χ1) is 9.65. The van der Waals surface area contributed by atoms with Crippen molar-refractivity contribution in [3.05, 3.63) is 63.9 Å². The lowest BCUT2D eigenvalue weighted by atomic mass is 10.1. The van der Waals surface area contributed by atoms with E-state index in [1.54, 1.807) is 30.3 Å². The fourth-order valence-corrected chi connectivity index (χ4v) is 2.29. The highest BCUT2D eigenvalue weighted by Gasteiger charge is 2.08. The molecular formula is C15H10Cl2FNO. The molecule has 0 N–H and O–H groups in total. The summed E-state index contributed by atoms with van der Waals surface area (Å²) in [7, 11) is 0. The third kappa shape index (κ3) is 3.22. The van der Waals surface area contributed by atoms with E-state index in [2.05, 4.69) is 0 Å². The van der Waals surface area contributed by atoms with Crippen molar-refractivity contribution in [1.29, 1.82) is 5.26 Å². The van der Waals surface area contributed by atoms with Crippen molar-refractivity contribution in [3.8, 4) is 11.8 Å². The molecule has 0 spiro atoms. The molecule has 0 saturated heterocycles. The molecule has 102 valence electrons. The standard InChI is InChI=1S/C15H10Cl2FNO/c16-7-12-13(17)2-1-3-15(12)20-9-10-4-5-14(18)11(6-10)8-19/h1-6H,7,9H2. The monoisotopic (exact) mass is 309 g/mol. The zero-order valence-electron chi connectivity index (χ0n) is 10.4. The van der Waals surface area contributed by atoms with E-state index in [9.17, 15) is 4.39 Å². The van der Waals surface area contributed by atoms with Crippen molar-refractivity contribution in [2.24, 2.45) is 0 Å².